The second-order valence-electron chi connectivity index (χ2n) is 5.59. The molecule has 4 N–H and O–H groups in total. The normalized spacial score (nSPS) is 11.1. The van der Waals surface area contributed by atoms with Crippen molar-refractivity contribution in [1.29, 1.82) is 0 Å². The van der Waals surface area contributed by atoms with Crippen molar-refractivity contribution in [2.45, 2.75) is 39.7 Å². The Balaban J connectivity index is 2.20. The summed E-state index contributed by atoms with van der Waals surface area (Å²) in [6.07, 6.45) is 1.40. The molecule has 1 heterocycles. The van der Waals surface area contributed by atoms with Crippen LogP contribution in [0.2, 0.25) is 0 Å². The minimum atomic E-state index is -0.807. The lowest BCUT2D eigenvalue weighted by Gasteiger charge is -2.23. The number of H-pyrrole nitrogens is 1. The molecular formula is C13H21N3O4S. The molecule has 0 atom stereocenters. The zero-order valence-electron chi connectivity index (χ0n) is 12.2. The molecule has 0 aliphatic rings. The fourth-order valence-corrected chi connectivity index (χ4v) is 2.30. The summed E-state index contributed by atoms with van der Waals surface area (Å²) in [6, 6.07) is -0.309. The number of carbonyl (C=O) groups is 2. The Kier molecular flexibility index (Phi) is 6.41. The molecule has 118 valence electrons. The SMILES string of the molecule is CC(C)(CCNC(=O)NCc1csc(=O)[nH]1)CCC(=O)O. The van der Waals surface area contributed by atoms with Crippen LogP contribution < -0.4 is 15.5 Å². The Hall–Kier alpha value is -1.83. The molecule has 0 saturated heterocycles. The molecule has 0 aromatic carbocycles. The number of thiazole rings is 1. The van der Waals surface area contributed by atoms with Gasteiger partial charge in [-0.05, 0) is 18.3 Å². The van der Waals surface area contributed by atoms with Crippen LogP contribution in [0, 0.1) is 5.41 Å². The van der Waals surface area contributed by atoms with Gasteiger partial charge in [-0.25, -0.2) is 4.79 Å². The molecular weight excluding hydrogens is 294 g/mol. The summed E-state index contributed by atoms with van der Waals surface area (Å²) in [5.74, 6) is -0.807. The number of rotatable bonds is 8. The summed E-state index contributed by atoms with van der Waals surface area (Å²) >= 11 is 1.05. The molecule has 7 nitrogen and oxygen atoms in total. The van der Waals surface area contributed by atoms with Crippen molar-refractivity contribution in [3.05, 3.63) is 20.7 Å². The van der Waals surface area contributed by atoms with Crippen LogP contribution in [-0.2, 0) is 11.3 Å². The van der Waals surface area contributed by atoms with E-state index in [2.05, 4.69) is 15.6 Å². The second kappa shape index (κ2) is 7.82. The largest absolute Gasteiger partial charge is 0.481 e. The van der Waals surface area contributed by atoms with Gasteiger partial charge < -0.3 is 20.7 Å². The Labute approximate surface area is 126 Å². The summed E-state index contributed by atoms with van der Waals surface area (Å²) in [6.45, 7) is 4.70. The highest BCUT2D eigenvalue weighted by atomic mass is 32.1. The topological polar surface area (TPSA) is 111 Å². The van der Waals surface area contributed by atoms with Gasteiger partial charge in [0.2, 0.25) is 0 Å². The molecule has 1 aromatic heterocycles. The van der Waals surface area contributed by atoms with Gasteiger partial charge in [0.15, 0.2) is 0 Å². The van der Waals surface area contributed by atoms with E-state index in [1.165, 1.54) is 0 Å². The van der Waals surface area contributed by atoms with Gasteiger partial charge in [0, 0.05) is 24.0 Å². The van der Waals surface area contributed by atoms with Crippen LogP contribution in [0.1, 0.15) is 38.8 Å². The van der Waals surface area contributed by atoms with Gasteiger partial charge in [0.05, 0.1) is 6.54 Å². The summed E-state index contributed by atoms with van der Waals surface area (Å²) in [5, 5.41) is 15.7. The maximum absolute atomic E-state index is 11.6. The molecule has 0 unspecified atom stereocenters. The first-order valence-electron chi connectivity index (χ1n) is 6.69. The molecule has 0 radical (unpaired) electrons. The third kappa shape index (κ3) is 7.50. The molecule has 0 spiro atoms. The van der Waals surface area contributed by atoms with E-state index in [1.807, 2.05) is 13.8 Å². The average molecular weight is 315 g/mol. The summed E-state index contributed by atoms with van der Waals surface area (Å²) in [5.41, 5.74) is 0.534. The number of carboxylic acids is 1. The van der Waals surface area contributed by atoms with Gasteiger partial charge in [0.1, 0.15) is 0 Å². The van der Waals surface area contributed by atoms with Crippen molar-refractivity contribution < 1.29 is 14.7 Å². The predicted molar refractivity (Wildman–Crippen MR) is 80.4 cm³/mol. The molecule has 0 bridgehead atoms. The third-order valence-corrected chi connectivity index (χ3v) is 3.83. The zero-order valence-corrected chi connectivity index (χ0v) is 13.0. The quantitative estimate of drug-likeness (QED) is 0.582. The van der Waals surface area contributed by atoms with Crippen molar-refractivity contribution >= 4 is 23.3 Å². The van der Waals surface area contributed by atoms with Crippen LogP contribution >= 0.6 is 11.3 Å². The summed E-state index contributed by atoms with van der Waals surface area (Å²) in [4.78, 5) is 35.5. The molecule has 0 aliphatic heterocycles. The lowest BCUT2D eigenvalue weighted by atomic mass is 9.84. The number of aromatic nitrogens is 1. The highest BCUT2D eigenvalue weighted by Crippen LogP contribution is 2.25. The van der Waals surface area contributed by atoms with Crippen LogP contribution in [-0.4, -0.2) is 28.6 Å². The lowest BCUT2D eigenvalue weighted by molar-refractivity contribution is -0.137. The van der Waals surface area contributed by atoms with Crippen LogP contribution in [0.3, 0.4) is 0 Å². The fourth-order valence-electron chi connectivity index (χ4n) is 1.72. The Morgan fingerprint density at radius 2 is 2.05 bits per heavy atom. The van der Waals surface area contributed by atoms with Crippen molar-refractivity contribution in [1.82, 2.24) is 15.6 Å². The summed E-state index contributed by atoms with van der Waals surface area (Å²) in [7, 11) is 0. The summed E-state index contributed by atoms with van der Waals surface area (Å²) < 4.78 is 0. The molecule has 1 rings (SSSR count). The van der Waals surface area contributed by atoms with Gasteiger partial charge in [-0.15, -0.1) is 0 Å². The van der Waals surface area contributed by atoms with Gasteiger partial charge in [-0.3, -0.25) is 9.59 Å². The molecule has 21 heavy (non-hydrogen) atoms. The maximum Gasteiger partial charge on any atom is 0.315 e. The van der Waals surface area contributed by atoms with Crippen LogP contribution in [0.15, 0.2) is 10.2 Å². The van der Waals surface area contributed by atoms with Gasteiger partial charge in [-0.1, -0.05) is 25.2 Å². The minimum Gasteiger partial charge on any atom is -0.481 e. The molecule has 8 heteroatoms. The number of amides is 2. The Morgan fingerprint density at radius 1 is 1.33 bits per heavy atom. The van der Waals surface area contributed by atoms with Gasteiger partial charge in [-0.2, -0.15) is 0 Å². The van der Waals surface area contributed by atoms with E-state index in [-0.39, 0.29) is 29.3 Å². The maximum atomic E-state index is 11.6. The van der Waals surface area contributed by atoms with E-state index in [9.17, 15) is 14.4 Å². The lowest BCUT2D eigenvalue weighted by Crippen LogP contribution is -2.37. The van der Waals surface area contributed by atoms with Crippen molar-refractivity contribution in [3.63, 3.8) is 0 Å². The fraction of sp³-hybridized carbons (Fsp3) is 0.615. The number of hydrogen-bond donors (Lipinski definition) is 4. The number of aromatic amines is 1. The number of nitrogens with one attached hydrogen (secondary N) is 3. The van der Waals surface area contributed by atoms with E-state index in [0.717, 1.165) is 11.3 Å². The minimum absolute atomic E-state index is 0.130. The van der Waals surface area contributed by atoms with Crippen LogP contribution in [0.5, 0.6) is 0 Å². The van der Waals surface area contributed by atoms with E-state index in [1.54, 1.807) is 5.38 Å². The Bertz CT molecular complexity index is 536. The molecule has 0 saturated carbocycles. The standard InChI is InChI=1S/C13H21N3O4S/c1-13(2,4-3-10(17)18)5-6-14-11(19)15-7-9-8-21-12(20)16-9/h8H,3-7H2,1-2H3,(H,16,20)(H,17,18)(H2,14,15,19). The molecule has 0 fully saturated rings. The van der Waals surface area contributed by atoms with Crippen LogP contribution in [0.4, 0.5) is 4.79 Å². The number of carboxylic acid groups (broad SMARTS) is 1. The van der Waals surface area contributed by atoms with Crippen LogP contribution in [0.25, 0.3) is 0 Å². The predicted octanol–water partition coefficient (Wildman–Crippen LogP) is 1.52. The van der Waals surface area contributed by atoms with Crippen molar-refractivity contribution in [2.75, 3.05) is 6.54 Å². The first-order chi connectivity index (χ1) is 9.78. The smallest absolute Gasteiger partial charge is 0.315 e. The first kappa shape index (κ1) is 17.2. The number of urea groups is 1. The van der Waals surface area contributed by atoms with Crippen molar-refractivity contribution in [2.24, 2.45) is 5.41 Å². The third-order valence-electron chi connectivity index (χ3n) is 3.11. The number of aliphatic carboxylic acids is 1. The number of hydrogen-bond acceptors (Lipinski definition) is 4. The highest BCUT2D eigenvalue weighted by molar-refractivity contribution is 7.07. The van der Waals surface area contributed by atoms with E-state index >= 15 is 0 Å². The second-order valence-corrected chi connectivity index (χ2v) is 6.43. The molecule has 0 aliphatic carbocycles. The zero-order chi connectivity index (χ0) is 15.9. The van der Waals surface area contributed by atoms with Gasteiger partial charge in [0.25, 0.3) is 0 Å². The average Bonchev–Trinajstić information content (AvgIpc) is 2.80. The Morgan fingerprint density at radius 3 is 2.62 bits per heavy atom. The highest BCUT2D eigenvalue weighted by Gasteiger charge is 2.19. The van der Waals surface area contributed by atoms with E-state index < -0.39 is 5.97 Å². The monoisotopic (exact) mass is 315 g/mol. The first-order valence-corrected chi connectivity index (χ1v) is 7.57. The molecule has 2 amide bonds. The number of carbonyl (C=O) groups excluding carboxylic acids is 1. The van der Waals surface area contributed by atoms with Crippen molar-refractivity contribution in [3.8, 4) is 0 Å². The van der Waals surface area contributed by atoms with Gasteiger partial charge >= 0.3 is 16.9 Å². The molecule has 1 aromatic rings. The van der Waals surface area contributed by atoms with E-state index in [0.29, 0.717) is 25.1 Å². The van der Waals surface area contributed by atoms with E-state index in [4.69, 9.17) is 5.11 Å².